The highest BCUT2D eigenvalue weighted by molar-refractivity contribution is 9.19. The summed E-state index contributed by atoms with van der Waals surface area (Å²) >= 11 is 5.20. The van der Waals surface area contributed by atoms with Gasteiger partial charge in [0, 0.05) is 0 Å². The standard InChI is InChI=1S/C2H5Br2NO4S2/c3-1-10(6,7)5-11(8,9)2-4/h1H,2H2,(H2,5,6,7). The highest BCUT2D eigenvalue weighted by Crippen LogP contribution is 1.94. The molecular weight excluding hydrogens is 326 g/mol. The van der Waals surface area contributed by atoms with Gasteiger partial charge in [0.05, 0.1) is 4.28 Å². The van der Waals surface area contributed by atoms with E-state index in [9.17, 15) is 12.6 Å². The van der Waals surface area contributed by atoms with Gasteiger partial charge in [0.2, 0.25) is 10.0 Å². The maximum absolute atomic E-state index is 10.7. The van der Waals surface area contributed by atoms with Crippen LogP contribution in [-0.4, -0.2) is 26.1 Å². The molecular formula is C2H5Br2NO4S2. The minimum Gasteiger partial charge on any atom is -0.301 e. The number of rotatable bonds is 3. The van der Waals surface area contributed by atoms with Crippen molar-refractivity contribution in [2.24, 2.45) is 0 Å². The molecule has 0 saturated carbocycles. The molecule has 11 heavy (non-hydrogen) atoms. The fourth-order valence-corrected chi connectivity index (χ4v) is 3.53. The van der Waals surface area contributed by atoms with Gasteiger partial charge in [-0.15, -0.1) is 4.13 Å². The second kappa shape index (κ2) is 4.19. The van der Waals surface area contributed by atoms with Crippen molar-refractivity contribution >= 4 is 56.1 Å². The predicted molar refractivity (Wildman–Crippen MR) is 51.6 cm³/mol. The van der Waals surface area contributed by atoms with Crippen LogP contribution in [0.3, 0.4) is 0 Å². The molecule has 0 bridgehead atoms. The van der Waals surface area contributed by atoms with Gasteiger partial charge in [0.25, 0.3) is 0 Å². The lowest BCUT2D eigenvalue weighted by atomic mass is 11.9. The van der Waals surface area contributed by atoms with Gasteiger partial charge in [0.1, 0.15) is 4.66 Å². The van der Waals surface area contributed by atoms with Gasteiger partial charge in [0.15, 0.2) is 9.99 Å². The molecule has 1 atom stereocenters. The Bertz CT molecular complexity index is 326. The van der Waals surface area contributed by atoms with Crippen LogP contribution >= 0.6 is 31.9 Å². The van der Waals surface area contributed by atoms with E-state index in [1.165, 1.54) is 4.13 Å². The lowest BCUT2D eigenvalue weighted by Gasteiger charge is -2.02. The average molecular weight is 331 g/mol. The maximum atomic E-state index is 10.7. The van der Waals surface area contributed by atoms with Crippen molar-refractivity contribution in [3.8, 4) is 0 Å². The minimum atomic E-state index is -3.71. The SMILES string of the molecule is O=S(=O)(CBr)NS(=O)(O)=CBr. The molecule has 0 aromatic carbocycles. The predicted octanol–water partition coefficient (Wildman–Crippen LogP) is 0.0852. The molecule has 0 fully saturated rings. The first-order chi connectivity index (χ1) is 4.83. The van der Waals surface area contributed by atoms with Crippen molar-refractivity contribution in [3.63, 3.8) is 0 Å². The molecule has 0 radical (unpaired) electrons. The van der Waals surface area contributed by atoms with Gasteiger partial charge in [-0.3, -0.25) is 0 Å². The van der Waals surface area contributed by atoms with E-state index in [0.29, 0.717) is 4.28 Å². The Hall–Kier alpha value is 0.850. The van der Waals surface area contributed by atoms with Gasteiger partial charge in [-0.2, -0.15) is 0 Å². The molecule has 0 amide bonds. The van der Waals surface area contributed by atoms with E-state index in [1.807, 2.05) is 0 Å². The Morgan fingerprint density at radius 1 is 1.45 bits per heavy atom. The Kier molecular flexibility index (Phi) is 4.51. The van der Waals surface area contributed by atoms with E-state index in [1.54, 1.807) is 0 Å². The van der Waals surface area contributed by atoms with Crippen molar-refractivity contribution in [1.29, 1.82) is 0 Å². The van der Waals surface area contributed by atoms with Crippen LogP contribution in [0.15, 0.2) is 0 Å². The summed E-state index contributed by atoms with van der Waals surface area (Å²) in [5.41, 5.74) is 0. The first kappa shape index (κ1) is 11.8. The molecule has 0 aliphatic carbocycles. The number of hydrogen-bond donors (Lipinski definition) is 2. The minimum absolute atomic E-state index is 0.418. The molecule has 0 rings (SSSR count). The van der Waals surface area contributed by atoms with Crippen molar-refractivity contribution in [1.82, 2.24) is 4.13 Å². The first-order valence-corrected chi connectivity index (χ1v) is 7.37. The van der Waals surface area contributed by atoms with Crippen LogP contribution in [-0.2, 0) is 20.0 Å². The quantitative estimate of drug-likeness (QED) is 0.436. The fraction of sp³-hybridized carbons (Fsp3) is 0.500. The molecule has 0 spiro atoms. The van der Waals surface area contributed by atoms with Crippen LogP contribution in [0.2, 0.25) is 0 Å². The molecule has 0 heterocycles. The zero-order valence-electron chi connectivity index (χ0n) is 5.03. The third-order valence-electron chi connectivity index (χ3n) is 0.511. The van der Waals surface area contributed by atoms with Gasteiger partial charge in [-0.05, 0) is 15.9 Å². The third-order valence-corrected chi connectivity index (χ3v) is 6.34. The lowest BCUT2D eigenvalue weighted by molar-refractivity contribution is 0.551. The maximum Gasteiger partial charge on any atom is 0.233 e. The molecule has 5 nitrogen and oxygen atoms in total. The summed E-state index contributed by atoms with van der Waals surface area (Å²) in [6, 6.07) is 0. The van der Waals surface area contributed by atoms with Crippen molar-refractivity contribution in [2.45, 2.75) is 0 Å². The molecule has 0 aromatic heterocycles. The fourth-order valence-electron chi connectivity index (χ4n) is 0.222. The summed E-state index contributed by atoms with van der Waals surface area (Å²) in [7, 11) is -7.32. The van der Waals surface area contributed by atoms with Crippen LogP contribution < -0.4 is 4.13 Å². The van der Waals surface area contributed by atoms with Crippen LogP contribution in [0.1, 0.15) is 0 Å². The zero-order chi connectivity index (χ0) is 9.12. The van der Waals surface area contributed by atoms with Gasteiger partial charge in [-0.1, -0.05) is 15.9 Å². The number of alkyl halides is 1. The Labute approximate surface area is 81.8 Å². The van der Waals surface area contributed by atoms with E-state index in [2.05, 4.69) is 31.9 Å². The molecule has 0 aliphatic heterocycles. The Morgan fingerprint density at radius 3 is 2.18 bits per heavy atom. The summed E-state index contributed by atoms with van der Waals surface area (Å²) in [6.45, 7) is 0. The normalized spacial score (nSPS) is 17.4. The average Bonchev–Trinajstić information content (AvgIpc) is 1.86. The van der Waals surface area contributed by atoms with E-state index in [-0.39, 0.29) is 0 Å². The lowest BCUT2D eigenvalue weighted by Crippen LogP contribution is -2.31. The van der Waals surface area contributed by atoms with Gasteiger partial charge < -0.3 is 4.55 Å². The smallest absolute Gasteiger partial charge is 0.233 e. The van der Waals surface area contributed by atoms with Crippen molar-refractivity contribution in [3.05, 3.63) is 0 Å². The Morgan fingerprint density at radius 2 is 1.91 bits per heavy atom. The first-order valence-electron chi connectivity index (χ1n) is 2.10. The van der Waals surface area contributed by atoms with Crippen molar-refractivity contribution < 1.29 is 17.2 Å². The van der Waals surface area contributed by atoms with E-state index in [4.69, 9.17) is 4.55 Å². The summed E-state index contributed by atoms with van der Waals surface area (Å²) in [6.07, 6.45) is 0. The highest BCUT2D eigenvalue weighted by atomic mass is 79.9. The zero-order valence-corrected chi connectivity index (χ0v) is 9.83. The number of halogens is 2. The van der Waals surface area contributed by atoms with Crippen molar-refractivity contribution in [2.75, 3.05) is 4.66 Å². The van der Waals surface area contributed by atoms with Crippen LogP contribution in [0.5, 0.6) is 0 Å². The highest BCUT2D eigenvalue weighted by Gasteiger charge is 2.12. The van der Waals surface area contributed by atoms with Crippen LogP contribution in [0.4, 0.5) is 0 Å². The second-order valence-corrected chi connectivity index (χ2v) is 7.39. The molecule has 0 aromatic rings. The van der Waals surface area contributed by atoms with Crippen LogP contribution in [0.25, 0.3) is 0 Å². The van der Waals surface area contributed by atoms with Gasteiger partial charge in [-0.25, -0.2) is 12.6 Å². The summed E-state index contributed by atoms with van der Waals surface area (Å²) in [5.74, 6) is 0. The Balaban J connectivity index is 4.69. The third kappa shape index (κ3) is 5.15. The van der Waals surface area contributed by atoms with Crippen LogP contribution in [0, 0.1) is 0 Å². The van der Waals surface area contributed by atoms with E-state index < -0.39 is 24.7 Å². The molecule has 0 aliphatic rings. The second-order valence-electron chi connectivity index (χ2n) is 1.46. The summed E-state index contributed by atoms with van der Waals surface area (Å²) in [5, 5.41) is 0. The largest absolute Gasteiger partial charge is 0.301 e. The number of sulfonamides is 1. The molecule has 1 unspecified atom stereocenters. The topological polar surface area (TPSA) is 83.5 Å². The number of hydrogen-bond acceptors (Lipinski definition) is 3. The number of nitrogens with one attached hydrogen (secondary N) is 1. The molecule has 0 saturated heterocycles. The molecule has 2 N–H and O–H groups in total. The summed E-state index contributed by atoms with van der Waals surface area (Å²) < 4.78 is 42.5. The monoisotopic (exact) mass is 329 g/mol. The van der Waals surface area contributed by atoms with E-state index >= 15 is 0 Å². The molecule has 68 valence electrons. The summed E-state index contributed by atoms with van der Waals surface area (Å²) in [4.78, 5) is 0. The molecule has 9 heteroatoms. The van der Waals surface area contributed by atoms with E-state index in [0.717, 1.165) is 0 Å². The van der Waals surface area contributed by atoms with Gasteiger partial charge >= 0.3 is 0 Å².